The Balaban J connectivity index is 1.01. The molecule has 0 bridgehead atoms. The van der Waals surface area contributed by atoms with E-state index >= 15 is 0 Å². The minimum atomic E-state index is -0.0949. The maximum Gasteiger partial charge on any atom is 0.0540 e. The van der Waals surface area contributed by atoms with Gasteiger partial charge in [0.15, 0.2) is 0 Å². The molecule has 2 aliphatic carbocycles. The van der Waals surface area contributed by atoms with Gasteiger partial charge in [-0.2, -0.15) is 0 Å². The molecule has 0 atom stereocenters. The van der Waals surface area contributed by atoms with Gasteiger partial charge >= 0.3 is 0 Å². The summed E-state index contributed by atoms with van der Waals surface area (Å²) in [6.07, 6.45) is 0. The summed E-state index contributed by atoms with van der Waals surface area (Å²) in [5.74, 6) is 0. The SMILES string of the molecule is CC1(C)c2ccccc2-c2ccc(-c3cccc(N(c4ccc(-c5ccc6c(ccc7ccccc76)c5)cc4)c4ccccc4-c4cccc5c4-c4ccccc4C5(C)C)c3)cc21. The van der Waals surface area contributed by atoms with Crippen molar-refractivity contribution in [1.82, 2.24) is 0 Å². The lowest BCUT2D eigenvalue weighted by atomic mass is 9.81. The summed E-state index contributed by atoms with van der Waals surface area (Å²) < 4.78 is 0. The molecule has 0 heterocycles. The van der Waals surface area contributed by atoms with Crippen molar-refractivity contribution in [2.45, 2.75) is 38.5 Å². The number of fused-ring (bicyclic) bond motifs is 9. The number of benzene rings is 10. The highest BCUT2D eigenvalue weighted by atomic mass is 15.1. The molecule has 0 saturated carbocycles. The molecule has 300 valence electrons. The van der Waals surface area contributed by atoms with Crippen molar-refractivity contribution >= 4 is 38.6 Å². The normalized spacial score (nSPS) is 14.0. The van der Waals surface area contributed by atoms with Crippen molar-refractivity contribution < 1.29 is 0 Å². The largest absolute Gasteiger partial charge is 0.310 e. The number of nitrogens with zero attached hydrogens (tertiary/aromatic N) is 1. The molecule has 0 aromatic heterocycles. The summed E-state index contributed by atoms with van der Waals surface area (Å²) in [4.78, 5) is 2.47. The first-order chi connectivity index (χ1) is 30.8. The zero-order valence-corrected chi connectivity index (χ0v) is 36.2. The number of para-hydroxylation sites is 1. The smallest absolute Gasteiger partial charge is 0.0540 e. The van der Waals surface area contributed by atoms with E-state index in [2.05, 4.69) is 245 Å². The van der Waals surface area contributed by atoms with Crippen molar-refractivity contribution in [3.63, 3.8) is 0 Å². The summed E-state index contributed by atoms with van der Waals surface area (Å²) in [6.45, 7) is 9.45. The highest BCUT2D eigenvalue weighted by Gasteiger charge is 2.38. The van der Waals surface area contributed by atoms with Crippen LogP contribution in [-0.4, -0.2) is 0 Å². The van der Waals surface area contributed by atoms with Crippen molar-refractivity contribution in [3.8, 4) is 55.6 Å². The molecule has 0 saturated heterocycles. The Hall–Kier alpha value is -7.48. The number of hydrogen-bond donors (Lipinski definition) is 0. The molecule has 12 rings (SSSR count). The summed E-state index contributed by atoms with van der Waals surface area (Å²) in [5.41, 5.74) is 21.3. The molecular weight excluding hydrogens is 759 g/mol. The predicted molar refractivity (Wildman–Crippen MR) is 268 cm³/mol. The highest BCUT2D eigenvalue weighted by Crippen LogP contribution is 2.54. The van der Waals surface area contributed by atoms with Gasteiger partial charge in [-0.1, -0.05) is 198 Å². The Bertz CT molecular complexity index is 3460. The molecule has 0 radical (unpaired) electrons. The van der Waals surface area contributed by atoms with Gasteiger partial charge in [0.05, 0.1) is 5.69 Å². The van der Waals surface area contributed by atoms with Crippen molar-refractivity contribution in [1.29, 1.82) is 0 Å². The first-order valence-corrected chi connectivity index (χ1v) is 22.3. The monoisotopic (exact) mass is 805 g/mol. The second kappa shape index (κ2) is 14.0. The number of anilines is 3. The lowest BCUT2D eigenvalue weighted by molar-refractivity contribution is 0.660. The van der Waals surface area contributed by atoms with Gasteiger partial charge in [0.25, 0.3) is 0 Å². The van der Waals surface area contributed by atoms with Gasteiger partial charge in [-0.25, -0.2) is 0 Å². The van der Waals surface area contributed by atoms with Crippen molar-refractivity contribution in [2.24, 2.45) is 0 Å². The van der Waals surface area contributed by atoms with Gasteiger partial charge in [0.1, 0.15) is 0 Å². The quantitative estimate of drug-likeness (QED) is 0.151. The third kappa shape index (κ3) is 5.76. The van der Waals surface area contributed by atoms with Crippen LogP contribution in [0.5, 0.6) is 0 Å². The van der Waals surface area contributed by atoms with E-state index < -0.39 is 0 Å². The van der Waals surface area contributed by atoms with Crippen LogP contribution in [0, 0.1) is 0 Å². The summed E-state index contributed by atoms with van der Waals surface area (Å²) >= 11 is 0. The van der Waals surface area contributed by atoms with E-state index in [4.69, 9.17) is 0 Å². The summed E-state index contributed by atoms with van der Waals surface area (Å²) in [6, 6.07) is 79.1. The molecule has 2 aliphatic rings. The molecule has 0 spiro atoms. The van der Waals surface area contributed by atoms with Gasteiger partial charge in [0.2, 0.25) is 0 Å². The number of rotatable bonds is 6. The van der Waals surface area contributed by atoms with E-state index in [-0.39, 0.29) is 10.8 Å². The molecule has 10 aromatic rings. The molecule has 63 heavy (non-hydrogen) atoms. The molecule has 1 heteroatoms. The van der Waals surface area contributed by atoms with Gasteiger partial charge < -0.3 is 4.90 Å². The fraction of sp³-hybridized carbons (Fsp3) is 0.0968. The standard InChI is InChI=1S/C62H47N/c1-61(2)56-24-11-8-21-54(56)60-53(22-14-25-57(60)61)52-20-9-12-26-59(52)63(46-33-29-40(30-34-46)43-31-35-49-45(37-43)28-27-41-15-5-6-18-48(41)49)47-17-13-16-42(38-47)44-32-36-51-50-19-7-10-23-55(50)62(3,4)58(51)39-44/h5-39H,1-4H3. The van der Waals surface area contributed by atoms with E-state index in [1.807, 2.05) is 0 Å². The summed E-state index contributed by atoms with van der Waals surface area (Å²) in [5, 5.41) is 5.09. The minimum Gasteiger partial charge on any atom is -0.310 e. The zero-order valence-electron chi connectivity index (χ0n) is 36.2. The van der Waals surface area contributed by atoms with Crippen LogP contribution in [0.3, 0.4) is 0 Å². The third-order valence-corrected chi connectivity index (χ3v) is 14.3. The Kier molecular flexibility index (Phi) is 8.30. The predicted octanol–water partition coefficient (Wildman–Crippen LogP) is 17.1. The van der Waals surface area contributed by atoms with Crippen molar-refractivity contribution in [3.05, 3.63) is 235 Å². The Labute approximate surface area is 370 Å². The second-order valence-corrected chi connectivity index (χ2v) is 18.5. The van der Waals surface area contributed by atoms with Crippen LogP contribution in [0.4, 0.5) is 17.1 Å². The van der Waals surface area contributed by atoms with Gasteiger partial charge in [-0.3, -0.25) is 0 Å². The molecule has 0 aliphatic heterocycles. The van der Waals surface area contributed by atoms with E-state index in [1.54, 1.807) is 0 Å². The van der Waals surface area contributed by atoms with E-state index in [0.717, 1.165) is 17.1 Å². The lowest BCUT2D eigenvalue weighted by Crippen LogP contribution is -2.15. The second-order valence-electron chi connectivity index (χ2n) is 18.5. The van der Waals surface area contributed by atoms with Gasteiger partial charge in [-0.05, 0) is 136 Å². The maximum absolute atomic E-state index is 2.47. The third-order valence-electron chi connectivity index (χ3n) is 14.3. The van der Waals surface area contributed by atoms with E-state index in [9.17, 15) is 0 Å². The van der Waals surface area contributed by atoms with Crippen LogP contribution < -0.4 is 4.90 Å². The zero-order chi connectivity index (χ0) is 42.5. The minimum absolute atomic E-state index is 0.0752. The molecule has 10 aromatic carbocycles. The Morgan fingerprint density at radius 2 is 0.857 bits per heavy atom. The average Bonchev–Trinajstić information content (AvgIpc) is 3.71. The molecule has 0 amide bonds. The Morgan fingerprint density at radius 1 is 0.302 bits per heavy atom. The van der Waals surface area contributed by atoms with Crippen LogP contribution in [0.1, 0.15) is 49.9 Å². The Morgan fingerprint density at radius 3 is 1.70 bits per heavy atom. The molecule has 0 fully saturated rings. The van der Waals surface area contributed by atoms with Gasteiger partial charge in [0, 0.05) is 27.8 Å². The lowest BCUT2D eigenvalue weighted by Gasteiger charge is -2.29. The molecular formula is C62H47N. The molecule has 0 unspecified atom stereocenters. The van der Waals surface area contributed by atoms with Gasteiger partial charge in [-0.15, -0.1) is 0 Å². The fourth-order valence-electron chi connectivity index (χ4n) is 11.0. The average molecular weight is 806 g/mol. The topological polar surface area (TPSA) is 3.24 Å². The first kappa shape index (κ1) is 37.3. The van der Waals surface area contributed by atoms with Crippen LogP contribution in [0.15, 0.2) is 212 Å². The van der Waals surface area contributed by atoms with Crippen LogP contribution in [0.2, 0.25) is 0 Å². The highest BCUT2D eigenvalue weighted by molar-refractivity contribution is 6.08. The van der Waals surface area contributed by atoms with Crippen LogP contribution in [-0.2, 0) is 10.8 Å². The molecule has 0 N–H and O–H groups in total. The molecule has 1 nitrogen and oxygen atoms in total. The van der Waals surface area contributed by atoms with Crippen molar-refractivity contribution in [2.75, 3.05) is 4.90 Å². The van der Waals surface area contributed by atoms with E-state index in [1.165, 1.54) is 99.4 Å². The van der Waals surface area contributed by atoms with Crippen LogP contribution in [0.25, 0.3) is 77.2 Å². The van der Waals surface area contributed by atoms with Crippen LogP contribution >= 0.6 is 0 Å². The summed E-state index contributed by atoms with van der Waals surface area (Å²) in [7, 11) is 0. The maximum atomic E-state index is 2.47. The van der Waals surface area contributed by atoms with E-state index in [0.29, 0.717) is 0 Å². The number of hydrogen-bond acceptors (Lipinski definition) is 1. The first-order valence-electron chi connectivity index (χ1n) is 22.3. The fourth-order valence-corrected chi connectivity index (χ4v) is 11.0.